The molecule has 4 heteroatoms. The van der Waals surface area contributed by atoms with Gasteiger partial charge < -0.3 is 9.47 Å². The van der Waals surface area contributed by atoms with Crippen LogP contribution in [0.2, 0.25) is 0 Å². The largest absolute Gasteiger partial charge is 0.482 e. The monoisotopic (exact) mass is 314 g/mol. The number of ether oxygens (including phenoxy) is 2. The van der Waals surface area contributed by atoms with Crippen molar-refractivity contribution in [2.24, 2.45) is 0 Å². The first kappa shape index (κ1) is 15.0. The van der Waals surface area contributed by atoms with Crippen LogP contribution < -0.4 is 4.74 Å². The van der Waals surface area contributed by atoms with Gasteiger partial charge in [-0.25, -0.2) is 4.79 Å². The molecule has 1 aromatic rings. The molecule has 3 nitrogen and oxygen atoms in total. The van der Waals surface area contributed by atoms with Crippen LogP contribution in [0.3, 0.4) is 0 Å². The van der Waals surface area contributed by atoms with E-state index in [0.717, 1.165) is 15.8 Å². The van der Waals surface area contributed by atoms with Crippen molar-refractivity contribution in [3.8, 4) is 5.75 Å². The molecule has 0 aliphatic carbocycles. The summed E-state index contributed by atoms with van der Waals surface area (Å²) in [5, 5.41) is 0. The maximum Gasteiger partial charge on any atom is 0.344 e. The molecule has 0 aliphatic heterocycles. The lowest BCUT2D eigenvalue weighted by Gasteiger charge is -2.23. The van der Waals surface area contributed by atoms with Crippen LogP contribution in [0.15, 0.2) is 22.7 Å². The number of benzene rings is 1. The highest BCUT2D eigenvalue weighted by atomic mass is 79.9. The van der Waals surface area contributed by atoms with Crippen molar-refractivity contribution in [3.05, 3.63) is 28.2 Å². The lowest BCUT2D eigenvalue weighted by Crippen LogP contribution is -2.18. The Morgan fingerprint density at radius 3 is 2.56 bits per heavy atom. The van der Waals surface area contributed by atoms with Gasteiger partial charge in [0.1, 0.15) is 5.75 Å². The Bertz CT molecular complexity index is 422. The molecule has 0 N–H and O–H groups in total. The van der Waals surface area contributed by atoms with Gasteiger partial charge in [0.05, 0.1) is 6.61 Å². The molecule has 18 heavy (non-hydrogen) atoms. The van der Waals surface area contributed by atoms with Crippen molar-refractivity contribution in [2.75, 3.05) is 13.2 Å². The second-order valence-electron chi connectivity index (χ2n) is 4.98. The molecule has 0 aromatic heterocycles. The fourth-order valence-electron chi connectivity index (χ4n) is 1.55. The molecule has 0 bridgehead atoms. The molecule has 0 saturated heterocycles. The second kappa shape index (κ2) is 6.23. The van der Waals surface area contributed by atoms with Gasteiger partial charge in [0, 0.05) is 10.0 Å². The molecule has 0 unspecified atom stereocenters. The molecule has 0 fully saturated rings. The van der Waals surface area contributed by atoms with Gasteiger partial charge in [-0.1, -0.05) is 36.7 Å². The van der Waals surface area contributed by atoms with E-state index in [1.165, 1.54) is 0 Å². The predicted molar refractivity (Wildman–Crippen MR) is 75.0 cm³/mol. The highest BCUT2D eigenvalue weighted by Crippen LogP contribution is 2.33. The number of carbonyl (C=O) groups excluding carboxylic acids is 1. The Kier molecular flexibility index (Phi) is 5.20. The Morgan fingerprint density at radius 2 is 2.00 bits per heavy atom. The van der Waals surface area contributed by atoms with Crippen LogP contribution in [-0.2, 0) is 14.9 Å². The zero-order valence-electron chi connectivity index (χ0n) is 11.2. The van der Waals surface area contributed by atoms with E-state index >= 15 is 0 Å². The summed E-state index contributed by atoms with van der Waals surface area (Å²) in [6, 6.07) is 5.78. The summed E-state index contributed by atoms with van der Waals surface area (Å²) in [6.07, 6.45) is 0. The summed E-state index contributed by atoms with van der Waals surface area (Å²) >= 11 is 3.45. The fourth-order valence-corrected chi connectivity index (χ4v) is 1.91. The van der Waals surface area contributed by atoms with Gasteiger partial charge in [-0.15, -0.1) is 0 Å². The van der Waals surface area contributed by atoms with E-state index in [-0.39, 0.29) is 18.0 Å². The molecule has 0 aliphatic rings. The highest BCUT2D eigenvalue weighted by molar-refractivity contribution is 9.10. The summed E-state index contributed by atoms with van der Waals surface area (Å²) in [5.41, 5.74) is 1.01. The lowest BCUT2D eigenvalue weighted by atomic mass is 9.86. The topological polar surface area (TPSA) is 35.5 Å². The molecule has 1 aromatic carbocycles. The van der Waals surface area contributed by atoms with Crippen LogP contribution in [-0.4, -0.2) is 19.2 Å². The average molecular weight is 315 g/mol. The average Bonchev–Trinajstić information content (AvgIpc) is 2.26. The Balaban J connectivity index is 2.85. The number of halogens is 1. The number of hydrogen-bond donors (Lipinski definition) is 0. The first-order valence-electron chi connectivity index (χ1n) is 5.93. The Hall–Kier alpha value is -1.03. The summed E-state index contributed by atoms with van der Waals surface area (Å²) in [7, 11) is 0. The van der Waals surface area contributed by atoms with Gasteiger partial charge in [0.15, 0.2) is 6.61 Å². The van der Waals surface area contributed by atoms with Crippen LogP contribution >= 0.6 is 15.9 Å². The van der Waals surface area contributed by atoms with E-state index in [4.69, 9.17) is 9.47 Å². The van der Waals surface area contributed by atoms with E-state index < -0.39 is 0 Å². The first-order valence-corrected chi connectivity index (χ1v) is 6.72. The van der Waals surface area contributed by atoms with E-state index in [2.05, 4.69) is 36.7 Å². The lowest BCUT2D eigenvalue weighted by molar-refractivity contribution is -0.145. The number of carbonyl (C=O) groups is 1. The zero-order chi connectivity index (χ0) is 13.8. The molecule has 0 atom stereocenters. The number of esters is 1. The molecule has 0 heterocycles. The standard InChI is InChI=1S/C14H19BrO3/c1-5-17-13(16)9-18-12-7-6-10(15)8-11(12)14(2,3)4/h6-8H,5,9H2,1-4H3. The minimum absolute atomic E-state index is 0.0478. The smallest absolute Gasteiger partial charge is 0.344 e. The molecule has 0 amide bonds. The van der Waals surface area contributed by atoms with Crippen LogP contribution in [0.25, 0.3) is 0 Å². The van der Waals surface area contributed by atoms with Crippen LogP contribution in [0, 0.1) is 0 Å². The van der Waals surface area contributed by atoms with Crippen molar-refractivity contribution in [3.63, 3.8) is 0 Å². The van der Waals surface area contributed by atoms with Gasteiger partial charge in [0.2, 0.25) is 0 Å². The quantitative estimate of drug-likeness (QED) is 0.795. The fraction of sp³-hybridized carbons (Fsp3) is 0.500. The normalized spacial score (nSPS) is 11.2. The Labute approximate surface area is 117 Å². The second-order valence-corrected chi connectivity index (χ2v) is 5.90. The van der Waals surface area contributed by atoms with Gasteiger partial charge >= 0.3 is 5.97 Å². The summed E-state index contributed by atoms with van der Waals surface area (Å²) in [6.45, 7) is 8.40. The summed E-state index contributed by atoms with van der Waals surface area (Å²) < 4.78 is 11.4. The van der Waals surface area contributed by atoms with Gasteiger partial charge in [-0.05, 0) is 30.5 Å². The molecule has 100 valence electrons. The third-order valence-corrected chi connectivity index (χ3v) is 2.89. The molecular weight excluding hydrogens is 296 g/mol. The number of rotatable bonds is 4. The van der Waals surface area contributed by atoms with Gasteiger partial charge in [-0.3, -0.25) is 0 Å². The van der Waals surface area contributed by atoms with E-state index in [1.807, 2.05) is 18.2 Å². The third kappa shape index (κ3) is 4.33. The van der Waals surface area contributed by atoms with E-state index in [1.54, 1.807) is 6.92 Å². The first-order chi connectivity index (χ1) is 8.34. The molecule has 0 saturated carbocycles. The minimum atomic E-state index is -0.347. The zero-order valence-corrected chi connectivity index (χ0v) is 12.8. The van der Waals surface area contributed by atoms with Crippen molar-refractivity contribution >= 4 is 21.9 Å². The molecule has 1 rings (SSSR count). The van der Waals surface area contributed by atoms with Crippen LogP contribution in [0.4, 0.5) is 0 Å². The summed E-state index contributed by atoms with van der Waals surface area (Å²) in [5.74, 6) is 0.374. The molecule has 0 radical (unpaired) electrons. The maximum atomic E-state index is 11.3. The molecule has 0 spiro atoms. The van der Waals surface area contributed by atoms with Crippen LogP contribution in [0.1, 0.15) is 33.3 Å². The van der Waals surface area contributed by atoms with Gasteiger partial charge in [0.25, 0.3) is 0 Å². The SMILES string of the molecule is CCOC(=O)COc1ccc(Br)cc1C(C)(C)C. The van der Waals surface area contributed by atoms with Crippen molar-refractivity contribution < 1.29 is 14.3 Å². The minimum Gasteiger partial charge on any atom is -0.482 e. The van der Waals surface area contributed by atoms with Gasteiger partial charge in [-0.2, -0.15) is 0 Å². The van der Waals surface area contributed by atoms with E-state index in [0.29, 0.717) is 6.61 Å². The summed E-state index contributed by atoms with van der Waals surface area (Å²) in [4.78, 5) is 11.3. The number of hydrogen-bond acceptors (Lipinski definition) is 3. The maximum absolute atomic E-state index is 11.3. The predicted octanol–water partition coefficient (Wildman–Crippen LogP) is 3.69. The van der Waals surface area contributed by atoms with Crippen molar-refractivity contribution in [1.82, 2.24) is 0 Å². The Morgan fingerprint density at radius 1 is 1.33 bits per heavy atom. The third-order valence-electron chi connectivity index (χ3n) is 2.40. The van der Waals surface area contributed by atoms with E-state index in [9.17, 15) is 4.79 Å². The van der Waals surface area contributed by atoms with Crippen LogP contribution in [0.5, 0.6) is 5.75 Å². The highest BCUT2D eigenvalue weighted by Gasteiger charge is 2.20. The van der Waals surface area contributed by atoms with Crippen molar-refractivity contribution in [2.45, 2.75) is 33.1 Å². The van der Waals surface area contributed by atoms with Crippen molar-refractivity contribution in [1.29, 1.82) is 0 Å². The molecular formula is C14H19BrO3.